The molecular weight excluding hydrogens is 448 g/mol. The summed E-state index contributed by atoms with van der Waals surface area (Å²) < 4.78 is 4.95. The van der Waals surface area contributed by atoms with Crippen LogP contribution >= 0.6 is 0 Å². The lowest BCUT2D eigenvalue weighted by atomic mass is 10.1. The Kier molecular flexibility index (Phi) is 8.82. The highest BCUT2D eigenvalue weighted by Crippen LogP contribution is 2.29. The fraction of sp³-hybridized carbons (Fsp3) is 0.343. The van der Waals surface area contributed by atoms with Gasteiger partial charge in [-0.2, -0.15) is 4.57 Å². The van der Waals surface area contributed by atoms with Gasteiger partial charge in [-0.15, -0.1) is 0 Å². The summed E-state index contributed by atoms with van der Waals surface area (Å²) in [5.41, 5.74) is 13.3. The fourth-order valence-corrected chi connectivity index (χ4v) is 5.46. The zero-order valence-electron chi connectivity index (χ0n) is 23.6. The Balaban J connectivity index is 1.45. The number of unbranched alkanes of at least 4 members (excludes halogenated alkanes) is 2. The molecule has 0 N–H and O–H groups in total. The molecule has 3 aliphatic rings. The molecule has 0 spiro atoms. The van der Waals surface area contributed by atoms with Gasteiger partial charge in [0.2, 0.25) is 0 Å². The Morgan fingerprint density at radius 3 is 1.86 bits per heavy atom. The Morgan fingerprint density at radius 1 is 0.703 bits per heavy atom. The maximum absolute atomic E-state index is 2.47. The lowest BCUT2D eigenvalue weighted by Crippen LogP contribution is -2.37. The van der Waals surface area contributed by atoms with Gasteiger partial charge in [-0.25, -0.2) is 0 Å². The standard InChI is InChI=1S/C35H43N2/c1-7-9-24-36-26(3)32-20-16-30(17-21-33(32)27(36)4)14-12-11-13-15-31-18-22-34-28(5)37(25-10-8-2)29(6)35(34)23-19-31/h11-23H,7-10,24-25H2,1-6H3/q+1. The van der Waals surface area contributed by atoms with Crippen molar-refractivity contribution in [3.05, 3.63) is 106 Å². The van der Waals surface area contributed by atoms with E-state index in [4.69, 9.17) is 0 Å². The second-order valence-electron chi connectivity index (χ2n) is 10.3. The number of rotatable bonds is 9. The first kappa shape index (κ1) is 26.7. The summed E-state index contributed by atoms with van der Waals surface area (Å²) in [4.78, 5) is 0. The van der Waals surface area contributed by atoms with Gasteiger partial charge in [-0.05, 0) is 43.5 Å². The van der Waals surface area contributed by atoms with Crippen molar-refractivity contribution in [1.82, 2.24) is 4.57 Å². The van der Waals surface area contributed by atoms with Gasteiger partial charge in [-0.3, -0.25) is 0 Å². The molecule has 1 aromatic rings. The molecule has 37 heavy (non-hydrogen) atoms. The van der Waals surface area contributed by atoms with E-state index in [1.807, 2.05) is 0 Å². The van der Waals surface area contributed by atoms with Crippen LogP contribution in [0.25, 0.3) is 29.4 Å². The number of hydrogen-bond acceptors (Lipinski definition) is 0. The first-order valence-electron chi connectivity index (χ1n) is 14.0. The van der Waals surface area contributed by atoms with Gasteiger partial charge in [0.25, 0.3) is 0 Å². The summed E-state index contributed by atoms with van der Waals surface area (Å²) in [5.74, 6) is 0. The van der Waals surface area contributed by atoms with Crippen molar-refractivity contribution in [3.8, 4) is 11.1 Å². The van der Waals surface area contributed by atoms with Gasteiger partial charge in [0.1, 0.15) is 6.54 Å². The molecule has 0 saturated heterocycles. The molecule has 2 heteroatoms. The van der Waals surface area contributed by atoms with Gasteiger partial charge in [0.15, 0.2) is 11.4 Å². The highest BCUT2D eigenvalue weighted by atomic mass is 15.0. The fourth-order valence-electron chi connectivity index (χ4n) is 5.46. The van der Waals surface area contributed by atoms with Gasteiger partial charge in [-0.1, -0.05) is 93.5 Å². The Labute approximate surface area is 224 Å². The van der Waals surface area contributed by atoms with E-state index in [9.17, 15) is 0 Å². The van der Waals surface area contributed by atoms with E-state index in [1.54, 1.807) is 0 Å². The molecule has 2 aliphatic carbocycles. The van der Waals surface area contributed by atoms with Crippen LogP contribution in [0, 0.1) is 27.7 Å². The molecule has 0 atom stereocenters. The predicted molar refractivity (Wildman–Crippen MR) is 161 cm³/mol. The molecule has 0 amide bonds. The average molecular weight is 492 g/mol. The molecule has 0 saturated carbocycles. The third-order valence-electron chi connectivity index (χ3n) is 7.80. The second-order valence-corrected chi connectivity index (χ2v) is 10.3. The van der Waals surface area contributed by atoms with Crippen LogP contribution < -0.4 is 4.57 Å². The van der Waals surface area contributed by atoms with Gasteiger partial charge in [0.05, 0.1) is 11.1 Å². The lowest BCUT2D eigenvalue weighted by molar-refractivity contribution is -0.704. The lowest BCUT2D eigenvalue weighted by Gasteiger charge is -2.08. The molecule has 2 heterocycles. The molecule has 0 radical (unpaired) electrons. The van der Waals surface area contributed by atoms with Crippen LogP contribution in [0.3, 0.4) is 0 Å². The minimum atomic E-state index is 1.11. The van der Waals surface area contributed by atoms with Crippen molar-refractivity contribution in [2.45, 2.75) is 80.3 Å². The zero-order chi connectivity index (χ0) is 26.4. The Morgan fingerprint density at radius 2 is 1.30 bits per heavy atom. The molecule has 1 aliphatic heterocycles. The molecule has 0 unspecified atom stereocenters. The Bertz CT molecular complexity index is 1290. The quantitative estimate of drug-likeness (QED) is 0.209. The molecule has 4 rings (SSSR count). The summed E-state index contributed by atoms with van der Waals surface area (Å²) in [6.07, 6.45) is 24.6. The highest BCUT2D eigenvalue weighted by Gasteiger charge is 2.24. The molecule has 2 nitrogen and oxygen atoms in total. The van der Waals surface area contributed by atoms with Crippen molar-refractivity contribution >= 4 is 18.2 Å². The summed E-state index contributed by atoms with van der Waals surface area (Å²) >= 11 is 0. The van der Waals surface area contributed by atoms with Crippen molar-refractivity contribution in [2.75, 3.05) is 0 Å². The smallest absolute Gasteiger partial charge is 0.186 e. The minimum absolute atomic E-state index is 1.11. The summed E-state index contributed by atoms with van der Waals surface area (Å²) in [5, 5.41) is 0. The first-order chi connectivity index (χ1) is 18.0. The predicted octanol–water partition coefficient (Wildman–Crippen LogP) is 8.95. The van der Waals surface area contributed by atoms with Gasteiger partial charge >= 0.3 is 0 Å². The number of fused-ring (bicyclic) bond motifs is 2. The van der Waals surface area contributed by atoms with Crippen LogP contribution in [0.2, 0.25) is 0 Å². The van der Waals surface area contributed by atoms with Crippen molar-refractivity contribution in [2.24, 2.45) is 0 Å². The van der Waals surface area contributed by atoms with E-state index in [-0.39, 0.29) is 0 Å². The molecule has 0 aromatic carbocycles. The summed E-state index contributed by atoms with van der Waals surface area (Å²) in [6.45, 7) is 15.7. The van der Waals surface area contributed by atoms with E-state index in [0.717, 1.165) is 13.1 Å². The summed E-state index contributed by atoms with van der Waals surface area (Å²) in [6, 6.07) is 9.01. The average Bonchev–Trinajstić information content (AvgIpc) is 3.11. The number of nitrogens with zero attached hydrogens (tertiary/aromatic N) is 2. The molecule has 192 valence electrons. The summed E-state index contributed by atoms with van der Waals surface area (Å²) in [7, 11) is 0. The molecule has 1 aromatic heterocycles. The van der Waals surface area contributed by atoms with Crippen molar-refractivity contribution in [1.29, 1.82) is 0 Å². The third kappa shape index (κ3) is 5.80. The zero-order valence-corrected chi connectivity index (χ0v) is 23.6. The molecular formula is C35H43N2+. The highest BCUT2D eigenvalue weighted by molar-refractivity contribution is 5.75. The van der Waals surface area contributed by atoms with Crippen LogP contribution in [0.1, 0.15) is 79.0 Å². The van der Waals surface area contributed by atoms with Crippen LogP contribution in [-0.2, 0) is 13.1 Å². The first-order valence-corrected chi connectivity index (χ1v) is 14.0. The number of allylic oxidation sites excluding steroid dienone is 7. The number of aromatic nitrogens is 2. The Hall–Kier alpha value is -3.39. The van der Waals surface area contributed by atoms with E-state index in [0.29, 0.717) is 0 Å². The van der Waals surface area contributed by atoms with Crippen molar-refractivity contribution < 1.29 is 4.57 Å². The van der Waals surface area contributed by atoms with E-state index < -0.39 is 0 Å². The van der Waals surface area contributed by atoms with Gasteiger partial charge in [0, 0.05) is 49.3 Å². The third-order valence-corrected chi connectivity index (χ3v) is 7.80. The largest absolute Gasteiger partial charge is 0.348 e. The van der Waals surface area contributed by atoms with Crippen LogP contribution in [0.15, 0.2) is 66.3 Å². The maximum atomic E-state index is 2.47. The second kappa shape index (κ2) is 12.2. The molecule has 0 fully saturated rings. The molecule has 0 bridgehead atoms. The van der Waals surface area contributed by atoms with E-state index in [2.05, 4.69) is 130 Å². The topological polar surface area (TPSA) is 8.81 Å². The van der Waals surface area contributed by atoms with Crippen LogP contribution in [0.4, 0.5) is 0 Å². The minimum Gasteiger partial charge on any atom is -0.348 e. The maximum Gasteiger partial charge on any atom is 0.186 e. The van der Waals surface area contributed by atoms with Crippen LogP contribution in [-0.4, -0.2) is 4.57 Å². The monoisotopic (exact) mass is 491 g/mol. The van der Waals surface area contributed by atoms with Gasteiger partial charge < -0.3 is 4.57 Å². The van der Waals surface area contributed by atoms with E-state index in [1.165, 1.54) is 81.8 Å². The van der Waals surface area contributed by atoms with Crippen LogP contribution in [0.5, 0.6) is 0 Å². The number of hydrogen-bond donors (Lipinski definition) is 0. The van der Waals surface area contributed by atoms with Crippen molar-refractivity contribution in [3.63, 3.8) is 0 Å². The van der Waals surface area contributed by atoms with E-state index >= 15 is 0 Å². The SMILES string of the molecule is CCCCn1c(C)c2c(c1C)C=CC(=C/C=C/C=C/c1ccc3c(C)[n+](CCCC)c(C)c-3cc1)C=C2. The normalized spacial score (nSPS) is 13.3.